The Kier molecular flexibility index (Phi) is 1.64. The van der Waals surface area contributed by atoms with E-state index in [-0.39, 0.29) is 17.0 Å². The van der Waals surface area contributed by atoms with E-state index in [1.807, 2.05) is 0 Å². The van der Waals surface area contributed by atoms with Crippen LogP contribution in [0.5, 0.6) is 0 Å². The maximum atomic E-state index is 11.2. The van der Waals surface area contributed by atoms with Crippen LogP contribution in [-0.2, 0) is 9.59 Å². The molecule has 3 N–H and O–H groups in total. The number of carboxylic acids is 1. The highest BCUT2D eigenvalue weighted by Gasteiger charge is 2.53. The first-order valence-corrected chi connectivity index (χ1v) is 4.61. The van der Waals surface area contributed by atoms with Gasteiger partial charge in [-0.2, -0.15) is 0 Å². The molecule has 0 aromatic carbocycles. The number of aliphatic carboxylic acids is 1. The number of allylic oxidation sites excluding steroid dienone is 1. The first kappa shape index (κ1) is 8.58. The van der Waals surface area contributed by atoms with Gasteiger partial charge in [-0.25, -0.2) is 4.79 Å². The molecule has 0 radical (unpaired) electrons. The molecule has 2 aliphatic rings. The van der Waals surface area contributed by atoms with Gasteiger partial charge in [0.1, 0.15) is 17.1 Å². The van der Waals surface area contributed by atoms with E-state index in [0.29, 0.717) is 4.91 Å². The van der Waals surface area contributed by atoms with Crippen LogP contribution in [0, 0.1) is 0 Å². The number of rotatable bonds is 1. The Hall–Kier alpha value is -1.01. The van der Waals surface area contributed by atoms with Crippen molar-refractivity contribution in [2.24, 2.45) is 5.73 Å². The lowest BCUT2D eigenvalue weighted by Gasteiger charge is -2.39. The van der Waals surface area contributed by atoms with E-state index in [2.05, 4.69) is 0 Å². The van der Waals surface area contributed by atoms with Crippen LogP contribution < -0.4 is 5.73 Å². The number of fused-ring (bicyclic) bond motifs is 1. The number of thioether (sulfide) groups is 1. The molecule has 0 aromatic rings. The van der Waals surface area contributed by atoms with Crippen molar-refractivity contribution < 1.29 is 14.7 Å². The molecule has 5 nitrogen and oxygen atoms in total. The average Bonchev–Trinajstić information content (AvgIpc) is 2.39. The normalized spacial score (nSPS) is 31.8. The molecule has 2 aliphatic heterocycles. The molecule has 0 aliphatic carbocycles. The Balaban J connectivity index is 2.34. The van der Waals surface area contributed by atoms with Crippen molar-refractivity contribution in [1.82, 2.24) is 4.90 Å². The summed E-state index contributed by atoms with van der Waals surface area (Å²) in [6, 6.07) is -0.545. The molecular weight excluding hydrogens is 192 g/mol. The number of hydrogen-bond donors (Lipinski definition) is 2. The summed E-state index contributed by atoms with van der Waals surface area (Å²) in [6.07, 6.45) is 0. The van der Waals surface area contributed by atoms with Crippen molar-refractivity contribution in [1.29, 1.82) is 0 Å². The summed E-state index contributed by atoms with van der Waals surface area (Å²) in [6.45, 7) is 1.69. The SMILES string of the molecule is CC1=C(C(=O)O)N2C(=O)[C@@H](N)[C@H]2S1. The minimum absolute atomic E-state index is 0.0849. The van der Waals surface area contributed by atoms with Crippen LogP contribution in [0.4, 0.5) is 0 Å². The third kappa shape index (κ3) is 0.925. The molecule has 1 amide bonds. The summed E-state index contributed by atoms with van der Waals surface area (Å²) in [5.41, 5.74) is 5.59. The molecule has 0 aromatic heterocycles. The van der Waals surface area contributed by atoms with Gasteiger partial charge in [0, 0.05) is 4.91 Å². The Morgan fingerprint density at radius 2 is 2.31 bits per heavy atom. The smallest absolute Gasteiger partial charge is 0.353 e. The number of nitrogens with two attached hydrogens (primary N) is 1. The minimum Gasteiger partial charge on any atom is -0.477 e. The fraction of sp³-hybridized carbons (Fsp3) is 0.429. The third-order valence-corrected chi connectivity index (χ3v) is 3.45. The minimum atomic E-state index is -1.06. The van der Waals surface area contributed by atoms with Gasteiger partial charge < -0.3 is 10.8 Å². The third-order valence-electron chi connectivity index (χ3n) is 2.16. The van der Waals surface area contributed by atoms with Crippen LogP contribution >= 0.6 is 11.8 Å². The van der Waals surface area contributed by atoms with Gasteiger partial charge in [0.05, 0.1) is 0 Å². The standard InChI is InChI=1S/C7H8N2O3S/c1-2-4(7(11)12)9-5(10)3(8)6(9)13-2/h3,6H,8H2,1H3,(H,11,12)/t3-,6-/m1/s1. The van der Waals surface area contributed by atoms with E-state index in [4.69, 9.17) is 10.8 Å². The van der Waals surface area contributed by atoms with Gasteiger partial charge in [-0.1, -0.05) is 0 Å². The van der Waals surface area contributed by atoms with Gasteiger partial charge in [-0.15, -0.1) is 11.8 Å². The van der Waals surface area contributed by atoms with Crippen molar-refractivity contribution in [3.63, 3.8) is 0 Å². The second-order valence-electron chi connectivity index (χ2n) is 2.95. The molecule has 1 fully saturated rings. The zero-order valence-corrected chi connectivity index (χ0v) is 7.67. The predicted octanol–water partition coefficient (Wildman–Crippen LogP) is -0.455. The molecule has 0 unspecified atom stereocenters. The fourth-order valence-electron chi connectivity index (χ4n) is 1.51. The van der Waals surface area contributed by atoms with Crippen LogP contribution in [0.15, 0.2) is 10.6 Å². The lowest BCUT2D eigenvalue weighted by Crippen LogP contribution is -2.65. The Bertz CT molecular complexity index is 339. The summed E-state index contributed by atoms with van der Waals surface area (Å²) in [4.78, 5) is 23.9. The molecule has 13 heavy (non-hydrogen) atoms. The lowest BCUT2D eigenvalue weighted by atomic mass is 10.1. The highest BCUT2D eigenvalue weighted by Crippen LogP contribution is 2.44. The van der Waals surface area contributed by atoms with E-state index >= 15 is 0 Å². The van der Waals surface area contributed by atoms with Gasteiger partial charge in [0.15, 0.2) is 0 Å². The molecule has 2 atom stereocenters. The number of carboxylic acid groups (broad SMARTS) is 1. The summed E-state index contributed by atoms with van der Waals surface area (Å²) in [5.74, 6) is -1.36. The highest BCUT2D eigenvalue weighted by molar-refractivity contribution is 8.04. The van der Waals surface area contributed by atoms with Gasteiger partial charge in [-0.3, -0.25) is 9.69 Å². The second-order valence-corrected chi connectivity index (χ2v) is 4.28. The van der Waals surface area contributed by atoms with E-state index in [1.165, 1.54) is 16.7 Å². The number of carbonyl (C=O) groups is 2. The Labute approximate surface area is 78.6 Å². The van der Waals surface area contributed by atoms with Crippen molar-refractivity contribution in [2.75, 3.05) is 0 Å². The molecule has 2 heterocycles. The van der Waals surface area contributed by atoms with Crippen LogP contribution in [0.3, 0.4) is 0 Å². The number of carbonyl (C=O) groups excluding carboxylic acids is 1. The van der Waals surface area contributed by atoms with Crippen molar-refractivity contribution in [3.05, 3.63) is 10.6 Å². The van der Waals surface area contributed by atoms with Crippen LogP contribution in [0.25, 0.3) is 0 Å². The monoisotopic (exact) mass is 200 g/mol. The largest absolute Gasteiger partial charge is 0.477 e. The quantitative estimate of drug-likeness (QED) is 0.560. The number of hydrogen-bond acceptors (Lipinski definition) is 4. The fourth-order valence-corrected chi connectivity index (χ4v) is 2.75. The Morgan fingerprint density at radius 1 is 1.69 bits per heavy atom. The molecule has 0 bridgehead atoms. The first-order chi connectivity index (χ1) is 6.04. The highest BCUT2D eigenvalue weighted by atomic mass is 32.2. The Morgan fingerprint density at radius 3 is 2.85 bits per heavy atom. The van der Waals surface area contributed by atoms with Crippen molar-refractivity contribution in [3.8, 4) is 0 Å². The molecule has 0 spiro atoms. The van der Waals surface area contributed by atoms with Crippen molar-refractivity contribution in [2.45, 2.75) is 18.3 Å². The molecule has 6 heteroatoms. The number of β-lactam (4-membered cyclic amide) rings is 1. The van der Waals surface area contributed by atoms with Gasteiger partial charge >= 0.3 is 5.97 Å². The molecule has 0 saturated carbocycles. The topological polar surface area (TPSA) is 83.6 Å². The van der Waals surface area contributed by atoms with E-state index in [1.54, 1.807) is 6.92 Å². The van der Waals surface area contributed by atoms with Crippen molar-refractivity contribution >= 4 is 23.6 Å². The van der Waals surface area contributed by atoms with Crippen LogP contribution in [0.1, 0.15) is 6.92 Å². The lowest BCUT2D eigenvalue weighted by molar-refractivity contribution is -0.147. The summed E-state index contributed by atoms with van der Waals surface area (Å²) >= 11 is 1.34. The average molecular weight is 200 g/mol. The van der Waals surface area contributed by atoms with E-state index in [9.17, 15) is 9.59 Å². The second kappa shape index (κ2) is 2.49. The van der Waals surface area contributed by atoms with Gasteiger partial charge in [0.25, 0.3) is 0 Å². The maximum Gasteiger partial charge on any atom is 0.353 e. The first-order valence-electron chi connectivity index (χ1n) is 3.73. The van der Waals surface area contributed by atoms with Gasteiger partial charge in [-0.05, 0) is 6.92 Å². The van der Waals surface area contributed by atoms with Crippen LogP contribution in [0.2, 0.25) is 0 Å². The molecule has 1 saturated heterocycles. The molecule has 70 valence electrons. The maximum absolute atomic E-state index is 11.2. The number of amides is 1. The molecule has 2 rings (SSSR count). The number of nitrogens with zero attached hydrogens (tertiary/aromatic N) is 1. The summed E-state index contributed by atoms with van der Waals surface area (Å²) in [5, 5.41) is 8.61. The van der Waals surface area contributed by atoms with E-state index < -0.39 is 12.0 Å². The summed E-state index contributed by atoms with van der Waals surface area (Å²) in [7, 11) is 0. The zero-order chi connectivity index (χ0) is 9.75. The zero-order valence-electron chi connectivity index (χ0n) is 6.85. The van der Waals surface area contributed by atoms with E-state index in [0.717, 1.165) is 0 Å². The predicted molar refractivity (Wildman–Crippen MR) is 46.5 cm³/mol. The summed E-state index contributed by atoms with van der Waals surface area (Å²) < 4.78 is 0. The van der Waals surface area contributed by atoms with Gasteiger partial charge in [0.2, 0.25) is 5.91 Å². The molecular formula is C7H8N2O3S. The van der Waals surface area contributed by atoms with Crippen LogP contribution in [-0.4, -0.2) is 33.3 Å².